The number of carbonyl (C=O) groups excluding carboxylic acids is 1. The fourth-order valence-corrected chi connectivity index (χ4v) is 3.76. The largest absolute Gasteiger partial charge is 0.339 e. The Morgan fingerprint density at radius 2 is 1.83 bits per heavy atom. The zero-order valence-electron chi connectivity index (χ0n) is 16.4. The average molecular weight is 389 g/mol. The Hall–Kier alpha value is -3.41. The second kappa shape index (κ2) is 7.91. The molecule has 1 aliphatic heterocycles. The monoisotopic (exact) mass is 389 g/mol. The summed E-state index contributed by atoms with van der Waals surface area (Å²) in [5.41, 5.74) is 3.35. The van der Waals surface area contributed by atoms with Crippen LogP contribution in [-0.2, 0) is 11.3 Å². The molecule has 0 atom stereocenters. The third-order valence-electron chi connectivity index (χ3n) is 5.44. The summed E-state index contributed by atoms with van der Waals surface area (Å²) in [6.45, 7) is 3.54. The maximum atomic E-state index is 12.7. The zero-order valence-corrected chi connectivity index (χ0v) is 16.4. The molecule has 0 bridgehead atoms. The number of aromatic nitrogens is 2. The van der Waals surface area contributed by atoms with Crippen LogP contribution in [0.15, 0.2) is 64.2 Å². The number of nitrogens with zero attached hydrogens (tertiary/aromatic N) is 2. The zero-order chi connectivity index (χ0) is 20.4. The van der Waals surface area contributed by atoms with Crippen molar-refractivity contribution >= 4 is 22.4 Å². The van der Waals surface area contributed by atoms with Crippen molar-refractivity contribution in [2.75, 3.05) is 13.1 Å². The number of aromatic amines is 1. The molecule has 6 heteroatoms. The van der Waals surface area contributed by atoms with E-state index in [1.165, 1.54) is 21.3 Å². The van der Waals surface area contributed by atoms with Gasteiger partial charge in [-0.3, -0.25) is 19.1 Å². The first-order valence-corrected chi connectivity index (χ1v) is 9.78. The van der Waals surface area contributed by atoms with Gasteiger partial charge in [-0.25, -0.2) is 4.79 Å². The molecule has 1 aliphatic rings. The minimum Gasteiger partial charge on any atom is -0.339 e. The third-order valence-corrected chi connectivity index (χ3v) is 5.44. The number of para-hydroxylation sites is 1. The van der Waals surface area contributed by atoms with Crippen molar-refractivity contribution in [3.05, 3.63) is 86.6 Å². The molecule has 2 heterocycles. The van der Waals surface area contributed by atoms with E-state index in [1.807, 2.05) is 4.90 Å². The number of hydrogen-bond donors (Lipinski definition) is 1. The van der Waals surface area contributed by atoms with Crippen LogP contribution >= 0.6 is 0 Å². The van der Waals surface area contributed by atoms with Gasteiger partial charge < -0.3 is 4.90 Å². The number of benzene rings is 2. The van der Waals surface area contributed by atoms with Crippen LogP contribution in [0.3, 0.4) is 0 Å². The Kier molecular flexibility index (Phi) is 5.16. The van der Waals surface area contributed by atoms with Gasteiger partial charge in [-0.05, 0) is 36.6 Å². The molecule has 1 N–H and O–H groups in total. The highest BCUT2D eigenvalue weighted by molar-refractivity contribution is 5.80. The fraction of sp³-hybridized carbons (Fsp3) is 0.261. The van der Waals surface area contributed by atoms with E-state index in [1.54, 1.807) is 24.3 Å². The lowest BCUT2D eigenvalue weighted by Gasteiger charge is -2.27. The van der Waals surface area contributed by atoms with E-state index in [0.29, 0.717) is 24.0 Å². The molecule has 4 rings (SSSR count). The predicted molar refractivity (Wildman–Crippen MR) is 114 cm³/mol. The molecule has 29 heavy (non-hydrogen) atoms. The van der Waals surface area contributed by atoms with Crippen LogP contribution in [0.2, 0.25) is 0 Å². The Morgan fingerprint density at radius 3 is 2.55 bits per heavy atom. The lowest BCUT2D eigenvalue weighted by Crippen LogP contribution is -2.36. The highest BCUT2D eigenvalue weighted by Crippen LogP contribution is 2.23. The summed E-state index contributed by atoms with van der Waals surface area (Å²) in [6, 6.07) is 15.4. The smallest absolute Gasteiger partial charge is 0.328 e. The van der Waals surface area contributed by atoms with Crippen molar-refractivity contribution in [3.8, 4) is 0 Å². The lowest BCUT2D eigenvalue weighted by atomic mass is 9.98. The highest BCUT2D eigenvalue weighted by Gasteiger charge is 2.18. The van der Waals surface area contributed by atoms with Crippen LogP contribution in [-0.4, -0.2) is 33.4 Å². The summed E-state index contributed by atoms with van der Waals surface area (Å²) in [4.78, 5) is 41.0. The fourth-order valence-electron chi connectivity index (χ4n) is 3.76. The van der Waals surface area contributed by atoms with E-state index in [2.05, 4.69) is 42.2 Å². The number of H-pyrrole nitrogens is 1. The molecule has 0 saturated heterocycles. The van der Waals surface area contributed by atoms with Gasteiger partial charge in [0.05, 0.1) is 10.9 Å². The van der Waals surface area contributed by atoms with Gasteiger partial charge in [0.15, 0.2) is 0 Å². The standard InChI is InChI=1S/C23H23N3O3/c1-16-6-8-17(9-7-16)18-10-13-25(14-11-18)21(27)12-15-26-20-5-3-2-4-19(20)22(28)24-23(26)29/h2-10H,11-15H2,1H3,(H,24,28,29). The normalized spacial score (nSPS) is 14.1. The van der Waals surface area contributed by atoms with Crippen molar-refractivity contribution in [2.45, 2.75) is 26.3 Å². The van der Waals surface area contributed by atoms with Gasteiger partial charge in [0.2, 0.25) is 5.91 Å². The van der Waals surface area contributed by atoms with Gasteiger partial charge in [-0.2, -0.15) is 0 Å². The van der Waals surface area contributed by atoms with Crippen molar-refractivity contribution in [2.24, 2.45) is 0 Å². The second-order valence-corrected chi connectivity index (χ2v) is 7.36. The van der Waals surface area contributed by atoms with Crippen LogP contribution in [0.25, 0.3) is 16.5 Å². The molecule has 0 fully saturated rings. The van der Waals surface area contributed by atoms with Crippen LogP contribution < -0.4 is 11.2 Å². The molecule has 3 aromatic rings. The first-order chi connectivity index (χ1) is 14.0. The number of carbonyl (C=O) groups is 1. The third kappa shape index (κ3) is 3.92. The molecule has 2 aromatic carbocycles. The summed E-state index contributed by atoms with van der Waals surface area (Å²) in [7, 11) is 0. The Labute approximate surface area is 168 Å². The van der Waals surface area contributed by atoms with Gasteiger partial charge >= 0.3 is 5.69 Å². The summed E-state index contributed by atoms with van der Waals surface area (Å²) in [5, 5.41) is 0.447. The summed E-state index contributed by atoms with van der Waals surface area (Å²) in [6.07, 6.45) is 3.13. The average Bonchev–Trinajstić information content (AvgIpc) is 2.74. The van der Waals surface area contributed by atoms with Gasteiger partial charge in [0, 0.05) is 26.1 Å². The number of amides is 1. The summed E-state index contributed by atoms with van der Waals surface area (Å²) in [5.74, 6) is 0.00591. The first-order valence-electron chi connectivity index (χ1n) is 9.78. The molecule has 0 saturated carbocycles. The van der Waals surface area contributed by atoms with Gasteiger partial charge in [0.25, 0.3) is 5.56 Å². The van der Waals surface area contributed by atoms with Gasteiger partial charge in [-0.15, -0.1) is 0 Å². The van der Waals surface area contributed by atoms with E-state index in [0.717, 1.165) is 6.42 Å². The van der Waals surface area contributed by atoms with E-state index >= 15 is 0 Å². The molecule has 1 amide bonds. The number of rotatable bonds is 4. The van der Waals surface area contributed by atoms with Crippen molar-refractivity contribution in [1.82, 2.24) is 14.5 Å². The van der Waals surface area contributed by atoms with Crippen LogP contribution in [0.4, 0.5) is 0 Å². The van der Waals surface area contributed by atoms with E-state index in [-0.39, 0.29) is 18.9 Å². The quantitative estimate of drug-likeness (QED) is 0.746. The van der Waals surface area contributed by atoms with Crippen molar-refractivity contribution < 1.29 is 4.79 Å². The van der Waals surface area contributed by atoms with E-state index < -0.39 is 11.2 Å². The molecule has 0 aliphatic carbocycles. The number of aryl methyl sites for hydroxylation is 2. The molecular weight excluding hydrogens is 366 g/mol. The Morgan fingerprint density at radius 1 is 1.07 bits per heavy atom. The highest BCUT2D eigenvalue weighted by atomic mass is 16.2. The summed E-state index contributed by atoms with van der Waals surface area (Å²) < 4.78 is 1.46. The van der Waals surface area contributed by atoms with Crippen molar-refractivity contribution in [3.63, 3.8) is 0 Å². The molecule has 0 unspecified atom stereocenters. The maximum Gasteiger partial charge on any atom is 0.328 e. The molecular formula is C23H23N3O3. The SMILES string of the molecule is Cc1ccc(C2=CCN(C(=O)CCn3c(=O)[nH]c(=O)c4ccccc43)CC2)cc1. The Bertz CT molecular complexity index is 1200. The molecule has 1 aromatic heterocycles. The van der Waals surface area contributed by atoms with E-state index in [4.69, 9.17) is 0 Å². The van der Waals surface area contributed by atoms with Crippen LogP contribution in [0.1, 0.15) is 24.0 Å². The first kappa shape index (κ1) is 18.9. The summed E-state index contributed by atoms with van der Waals surface area (Å²) >= 11 is 0. The number of nitrogens with one attached hydrogen (secondary N) is 1. The van der Waals surface area contributed by atoms with Gasteiger partial charge in [-0.1, -0.05) is 48.0 Å². The Balaban J connectivity index is 1.45. The van der Waals surface area contributed by atoms with Crippen molar-refractivity contribution in [1.29, 1.82) is 0 Å². The minimum atomic E-state index is -0.485. The number of fused-ring (bicyclic) bond motifs is 1. The number of hydrogen-bond acceptors (Lipinski definition) is 3. The van der Waals surface area contributed by atoms with E-state index in [9.17, 15) is 14.4 Å². The topological polar surface area (TPSA) is 75.2 Å². The van der Waals surface area contributed by atoms with Crippen LogP contribution in [0, 0.1) is 6.92 Å². The maximum absolute atomic E-state index is 12.7. The van der Waals surface area contributed by atoms with Gasteiger partial charge in [0.1, 0.15) is 0 Å². The molecule has 6 nitrogen and oxygen atoms in total. The van der Waals surface area contributed by atoms with Crippen LogP contribution in [0.5, 0.6) is 0 Å². The molecule has 0 radical (unpaired) electrons. The minimum absolute atomic E-state index is 0.00591. The molecule has 0 spiro atoms. The lowest BCUT2D eigenvalue weighted by molar-refractivity contribution is -0.131. The predicted octanol–water partition coefficient (Wildman–Crippen LogP) is 2.70. The second-order valence-electron chi connectivity index (χ2n) is 7.36. The molecule has 148 valence electrons.